The zero-order valence-electron chi connectivity index (χ0n) is 11.4. The molecule has 0 aliphatic heterocycles. The summed E-state index contributed by atoms with van der Waals surface area (Å²) < 4.78 is 37.7. The molecule has 0 amide bonds. The molecule has 1 heterocycles. The molecule has 0 saturated carbocycles. The maximum atomic E-state index is 12.6. The molecule has 112 valence electrons. The first kappa shape index (κ1) is 15.8. The molecule has 2 rings (SSSR count). The molecular weight excluding hydrogens is 303 g/mol. The third kappa shape index (κ3) is 3.36. The average molecular weight is 316 g/mol. The third-order valence-corrected chi connectivity index (χ3v) is 3.49. The van der Waals surface area contributed by atoms with Crippen LogP contribution >= 0.6 is 11.6 Å². The highest BCUT2D eigenvalue weighted by molar-refractivity contribution is 6.30. The zero-order valence-corrected chi connectivity index (χ0v) is 12.1. The van der Waals surface area contributed by atoms with E-state index < -0.39 is 18.0 Å². The van der Waals surface area contributed by atoms with E-state index in [1.165, 1.54) is 0 Å². The van der Waals surface area contributed by atoms with Crippen molar-refractivity contribution in [3.63, 3.8) is 0 Å². The van der Waals surface area contributed by atoms with Gasteiger partial charge in [0.05, 0.1) is 0 Å². The van der Waals surface area contributed by atoms with Crippen LogP contribution in [-0.4, -0.2) is 10.1 Å². The number of aryl methyl sites for hydroxylation is 2. The highest BCUT2D eigenvalue weighted by Gasteiger charge is 2.33. The van der Waals surface area contributed by atoms with Crippen molar-refractivity contribution in [1.29, 1.82) is 0 Å². The first-order valence-electron chi connectivity index (χ1n) is 6.19. The van der Waals surface area contributed by atoms with Crippen LogP contribution in [0.25, 0.3) is 0 Å². The second-order valence-electron chi connectivity index (χ2n) is 4.84. The van der Waals surface area contributed by atoms with E-state index in [0.29, 0.717) is 5.56 Å². The molecule has 1 aromatic heterocycles. The van der Waals surface area contributed by atoms with E-state index >= 15 is 0 Å². The Morgan fingerprint density at radius 1 is 1.10 bits per heavy atom. The molecule has 0 aliphatic rings. The maximum absolute atomic E-state index is 12.6. The molecule has 6 heteroatoms. The molecule has 0 aliphatic carbocycles. The summed E-state index contributed by atoms with van der Waals surface area (Å²) in [7, 11) is 0. The van der Waals surface area contributed by atoms with Gasteiger partial charge in [-0.15, -0.1) is 0 Å². The Morgan fingerprint density at radius 3 is 2.33 bits per heavy atom. The van der Waals surface area contributed by atoms with Gasteiger partial charge >= 0.3 is 6.18 Å². The fourth-order valence-electron chi connectivity index (χ4n) is 2.03. The Bertz CT molecular complexity index is 670. The number of aliphatic hydroxyl groups is 1. The predicted molar refractivity (Wildman–Crippen MR) is 74.2 cm³/mol. The SMILES string of the molecule is Cc1ccc(C)c(C(O)c2ccc(C(F)(F)F)nc2Cl)c1. The number of benzene rings is 1. The first-order chi connectivity index (χ1) is 9.70. The van der Waals surface area contributed by atoms with Gasteiger partial charge in [0.1, 0.15) is 17.0 Å². The fraction of sp³-hybridized carbons (Fsp3) is 0.267. The lowest BCUT2D eigenvalue weighted by atomic mass is 9.96. The number of aromatic nitrogens is 1. The summed E-state index contributed by atoms with van der Waals surface area (Å²) in [6, 6.07) is 7.46. The predicted octanol–water partition coefficient (Wildman–Crippen LogP) is 4.45. The van der Waals surface area contributed by atoms with E-state index in [2.05, 4.69) is 4.98 Å². The van der Waals surface area contributed by atoms with E-state index in [1.54, 1.807) is 6.07 Å². The van der Waals surface area contributed by atoms with Crippen LogP contribution in [0.5, 0.6) is 0 Å². The summed E-state index contributed by atoms with van der Waals surface area (Å²) in [4.78, 5) is 3.32. The number of halogens is 4. The van der Waals surface area contributed by atoms with E-state index in [0.717, 1.165) is 23.3 Å². The van der Waals surface area contributed by atoms with Gasteiger partial charge in [-0.1, -0.05) is 41.4 Å². The minimum atomic E-state index is -4.56. The molecule has 0 radical (unpaired) electrons. The summed E-state index contributed by atoms with van der Waals surface area (Å²) in [5, 5.41) is 10.0. The van der Waals surface area contributed by atoms with Gasteiger partial charge in [-0.25, -0.2) is 4.98 Å². The van der Waals surface area contributed by atoms with Gasteiger partial charge in [0.2, 0.25) is 0 Å². The van der Waals surface area contributed by atoms with Crippen LogP contribution in [-0.2, 0) is 6.18 Å². The monoisotopic (exact) mass is 315 g/mol. The summed E-state index contributed by atoms with van der Waals surface area (Å²) >= 11 is 5.80. The molecule has 1 aromatic carbocycles. The van der Waals surface area contributed by atoms with Gasteiger partial charge in [-0.2, -0.15) is 13.2 Å². The van der Waals surface area contributed by atoms with Gasteiger partial charge in [0.15, 0.2) is 0 Å². The summed E-state index contributed by atoms with van der Waals surface area (Å²) in [6.07, 6.45) is -5.68. The second kappa shape index (κ2) is 5.66. The quantitative estimate of drug-likeness (QED) is 0.830. The Labute approximate surface area is 125 Å². The van der Waals surface area contributed by atoms with Gasteiger partial charge in [0, 0.05) is 5.56 Å². The van der Waals surface area contributed by atoms with Crippen molar-refractivity contribution < 1.29 is 18.3 Å². The van der Waals surface area contributed by atoms with Crippen LogP contribution in [0.3, 0.4) is 0 Å². The third-order valence-electron chi connectivity index (χ3n) is 3.19. The number of aliphatic hydroxyl groups excluding tert-OH is 1. The Morgan fingerprint density at radius 2 is 1.76 bits per heavy atom. The molecule has 1 N–H and O–H groups in total. The van der Waals surface area contributed by atoms with E-state index in [4.69, 9.17) is 11.6 Å². The molecule has 0 fully saturated rings. The summed E-state index contributed by atoms with van der Waals surface area (Å²) in [5.74, 6) is 0. The number of pyridine rings is 1. The zero-order chi connectivity index (χ0) is 15.8. The van der Waals surface area contributed by atoms with Crippen molar-refractivity contribution in [2.75, 3.05) is 0 Å². The molecular formula is C15H13ClF3NO. The first-order valence-corrected chi connectivity index (χ1v) is 6.57. The van der Waals surface area contributed by atoms with Crippen molar-refractivity contribution in [3.05, 3.63) is 63.4 Å². The number of hydrogen-bond acceptors (Lipinski definition) is 2. The Balaban J connectivity index is 2.44. The number of hydrogen-bond donors (Lipinski definition) is 1. The smallest absolute Gasteiger partial charge is 0.384 e. The Kier molecular flexibility index (Phi) is 4.25. The van der Waals surface area contributed by atoms with Gasteiger partial charge in [0.25, 0.3) is 0 Å². The van der Waals surface area contributed by atoms with Crippen LogP contribution in [0.4, 0.5) is 13.2 Å². The number of rotatable bonds is 2. The number of nitrogens with zero attached hydrogens (tertiary/aromatic N) is 1. The molecule has 1 unspecified atom stereocenters. The van der Waals surface area contributed by atoms with E-state index in [-0.39, 0.29) is 10.7 Å². The molecule has 0 spiro atoms. The lowest BCUT2D eigenvalue weighted by Gasteiger charge is -2.17. The molecule has 0 bridgehead atoms. The van der Waals surface area contributed by atoms with Gasteiger partial charge < -0.3 is 5.11 Å². The van der Waals surface area contributed by atoms with Crippen molar-refractivity contribution in [1.82, 2.24) is 4.98 Å². The molecule has 2 nitrogen and oxygen atoms in total. The topological polar surface area (TPSA) is 33.1 Å². The van der Waals surface area contributed by atoms with Crippen molar-refractivity contribution in [2.45, 2.75) is 26.1 Å². The van der Waals surface area contributed by atoms with Crippen molar-refractivity contribution in [2.24, 2.45) is 0 Å². The van der Waals surface area contributed by atoms with Crippen LogP contribution in [0.2, 0.25) is 5.15 Å². The molecule has 21 heavy (non-hydrogen) atoms. The van der Waals surface area contributed by atoms with Gasteiger partial charge in [-0.3, -0.25) is 0 Å². The average Bonchev–Trinajstić information content (AvgIpc) is 2.39. The Hall–Kier alpha value is -1.59. The summed E-state index contributed by atoms with van der Waals surface area (Å²) in [5.41, 5.74) is 1.43. The van der Waals surface area contributed by atoms with Crippen LogP contribution in [0, 0.1) is 13.8 Å². The minimum Gasteiger partial charge on any atom is -0.384 e. The fourth-order valence-corrected chi connectivity index (χ4v) is 2.29. The lowest BCUT2D eigenvalue weighted by Crippen LogP contribution is -2.10. The normalized spacial score (nSPS) is 13.3. The standard InChI is InChI=1S/C15H13ClF3NO/c1-8-3-4-9(2)11(7-8)13(21)10-5-6-12(15(17,18)19)20-14(10)16/h3-7,13,21H,1-2H3. The maximum Gasteiger partial charge on any atom is 0.433 e. The molecule has 0 saturated heterocycles. The summed E-state index contributed by atoms with van der Waals surface area (Å²) in [6.45, 7) is 3.67. The molecule has 2 aromatic rings. The lowest BCUT2D eigenvalue weighted by molar-refractivity contribution is -0.141. The van der Waals surface area contributed by atoms with Gasteiger partial charge in [-0.05, 0) is 31.0 Å². The van der Waals surface area contributed by atoms with Crippen LogP contribution in [0.15, 0.2) is 30.3 Å². The van der Waals surface area contributed by atoms with Crippen molar-refractivity contribution in [3.8, 4) is 0 Å². The largest absolute Gasteiger partial charge is 0.433 e. The minimum absolute atomic E-state index is 0.151. The molecule has 1 atom stereocenters. The van der Waals surface area contributed by atoms with E-state index in [9.17, 15) is 18.3 Å². The highest BCUT2D eigenvalue weighted by Crippen LogP contribution is 2.33. The second-order valence-corrected chi connectivity index (χ2v) is 5.19. The van der Waals surface area contributed by atoms with Crippen LogP contribution in [0.1, 0.15) is 34.1 Å². The highest BCUT2D eigenvalue weighted by atomic mass is 35.5. The van der Waals surface area contributed by atoms with E-state index in [1.807, 2.05) is 26.0 Å². The van der Waals surface area contributed by atoms with Crippen molar-refractivity contribution >= 4 is 11.6 Å². The van der Waals surface area contributed by atoms with Crippen LogP contribution < -0.4 is 0 Å². The number of alkyl halides is 3.